The van der Waals surface area contributed by atoms with Crippen LogP contribution in [0.5, 0.6) is 5.75 Å². The van der Waals surface area contributed by atoms with E-state index < -0.39 is 8.32 Å². The summed E-state index contributed by atoms with van der Waals surface area (Å²) in [6, 6.07) is 5.85. The molecule has 0 N–H and O–H groups in total. The van der Waals surface area contributed by atoms with Crippen molar-refractivity contribution in [2.24, 2.45) is 0 Å². The second-order valence-corrected chi connectivity index (χ2v) is 9.82. The molecule has 0 bridgehead atoms. The first-order valence-electron chi connectivity index (χ1n) is 5.99. The maximum atomic E-state index is 11.2. The highest BCUT2D eigenvalue weighted by atomic mass is 28.4. The molecular formula is C14H18O3Si. The summed E-state index contributed by atoms with van der Waals surface area (Å²) in [6.07, 6.45) is 1.54. The lowest BCUT2D eigenvalue weighted by Gasteiger charge is -2.21. The lowest BCUT2D eigenvalue weighted by Crippen LogP contribution is -2.24. The van der Waals surface area contributed by atoms with Gasteiger partial charge in [-0.15, -0.1) is 0 Å². The Bertz CT molecular complexity index is 512. The molecule has 1 aliphatic carbocycles. The number of hydrogen-bond acceptors (Lipinski definition) is 3. The number of hydrogen-bond donors (Lipinski definition) is 0. The van der Waals surface area contributed by atoms with Crippen LogP contribution in [0.1, 0.15) is 11.1 Å². The molecule has 0 fully saturated rings. The number of ether oxygens (including phenoxy) is 1. The molecule has 2 rings (SSSR count). The van der Waals surface area contributed by atoms with Gasteiger partial charge in [0.2, 0.25) is 8.32 Å². The van der Waals surface area contributed by atoms with Gasteiger partial charge < -0.3 is 9.16 Å². The molecule has 0 atom stereocenters. The third-order valence-corrected chi connectivity index (χ3v) is 3.60. The highest BCUT2D eigenvalue weighted by Crippen LogP contribution is 2.36. The minimum Gasteiger partial charge on any atom is -0.544 e. The Balaban J connectivity index is 2.42. The first-order chi connectivity index (χ1) is 8.44. The van der Waals surface area contributed by atoms with E-state index in [2.05, 4.69) is 19.6 Å². The van der Waals surface area contributed by atoms with Crippen LogP contribution < -0.4 is 4.74 Å². The molecule has 0 radical (unpaired) electrons. The molecule has 96 valence electrons. The van der Waals surface area contributed by atoms with Gasteiger partial charge >= 0.3 is 0 Å². The standard InChI is InChI=1S/C14H18O3Si/c1-16-12-5-6-13-10(8-12)7-11(9-15)14(13)17-18(2,3)4/h5-6,8-9H,7H2,1-4H3. The van der Waals surface area contributed by atoms with Crippen LogP contribution in [0.25, 0.3) is 5.76 Å². The number of rotatable bonds is 4. The Kier molecular flexibility index (Phi) is 3.30. The zero-order valence-electron chi connectivity index (χ0n) is 11.2. The van der Waals surface area contributed by atoms with Gasteiger partial charge in [-0.25, -0.2) is 0 Å². The van der Waals surface area contributed by atoms with Crippen molar-refractivity contribution >= 4 is 20.4 Å². The van der Waals surface area contributed by atoms with E-state index >= 15 is 0 Å². The number of fused-ring (bicyclic) bond motifs is 1. The number of carbonyl (C=O) groups is 1. The molecule has 4 heteroatoms. The third kappa shape index (κ3) is 2.48. The first-order valence-corrected chi connectivity index (χ1v) is 9.40. The van der Waals surface area contributed by atoms with Crippen LogP contribution in [0, 0.1) is 0 Å². The topological polar surface area (TPSA) is 35.5 Å². The summed E-state index contributed by atoms with van der Waals surface area (Å²) >= 11 is 0. The molecular weight excluding hydrogens is 244 g/mol. The fraction of sp³-hybridized carbons (Fsp3) is 0.357. The van der Waals surface area contributed by atoms with Gasteiger partial charge in [-0.3, -0.25) is 4.79 Å². The van der Waals surface area contributed by atoms with Crippen molar-refractivity contribution in [3.63, 3.8) is 0 Å². The van der Waals surface area contributed by atoms with Gasteiger partial charge in [-0.05, 0) is 43.4 Å². The van der Waals surface area contributed by atoms with E-state index in [-0.39, 0.29) is 0 Å². The second-order valence-electron chi connectivity index (χ2n) is 5.39. The summed E-state index contributed by atoms with van der Waals surface area (Å²) in [7, 11) is -0.0756. The fourth-order valence-corrected chi connectivity index (χ4v) is 2.90. The molecule has 0 amide bonds. The maximum absolute atomic E-state index is 11.2. The van der Waals surface area contributed by atoms with Gasteiger partial charge in [0.25, 0.3) is 0 Å². The average Bonchev–Trinajstić information content (AvgIpc) is 2.64. The molecule has 0 aromatic heterocycles. The van der Waals surface area contributed by atoms with Crippen LogP contribution in [0.15, 0.2) is 23.8 Å². The number of allylic oxidation sites excluding steroid dienone is 1. The van der Waals surface area contributed by atoms with Crippen LogP contribution in [0.4, 0.5) is 0 Å². The fourth-order valence-electron chi connectivity index (χ4n) is 2.05. The number of benzene rings is 1. The molecule has 0 unspecified atom stereocenters. The third-order valence-electron chi connectivity index (χ3n) is 2.78. The lowest BCUT2D eigenvalue weighted by molar-refractivity contribution is -0.104. The number of carbonyl (C=O) groups excluding carboxylic acids is 1. The largest absolute Gasteiger partial charge is 0.544 e. The van der Waals surface area contributed by atoms with Crippen LogP contribution in [-0.2, 0) is 15.6 Å². The number of methoxy groups -OCH3 is 1. The molecule has 1 aromatic carbocycles. The minimum absolute atomic E-state index is 0.635. The van der Waals surface area contributed by atoms with Gasteiger partial charge in [0.15, 0.2) is 0 Å². The van der Waals surface area contributed by atoms with E-state index in [4.69, 9.17) is 9.16 Å². The van der Waals surface area contributed by atoms with Crippen molar-refractivity contribution in [2.75, 3.05) is 7.11 Å². The smallest absolute Gasteiger partial charge is 0.242 e. The highest BCUT2D eigenvalue weighted by molar-refractivity contribution is 6.70. The minimum atomic E-state index is -1.72. The van der Waals surface area contributed by atoms with Crippen LogP contribution in [0.3, 0.4) is 0 Å². The quantitative estimate of drug-likeness (QED) is 0.618. The van der Waals surface area contributed by atoms with Gasteiger partial charge in [0.1, 0.15) is 17.8 Å². The molecule has 0 saturated carbocycles. The molecule has 3 nitrogen and oxygen atoms in total. The first kappa shape index (κ1) is 12.9. The number of aldehydes is 1. The van der Waals surface area contributed by atoms with E-state index in [9.17, 15) is 4.79 Å². The zero-order chi connectivity index (χ0) is 13.3. The predicted molar refractivity (Wildman–Crippen MR) is 74.1 cm³/mol. The van der Waals surface area contributed by atoms with Gasteiger partial charge in [-0.2, -0.15) is 0 Å². The van der Waals surface area contributed by atoms with Crippen molar-refractivity contribution in [1.29, 1.82) is 0 Å². The Morgan fingerprint density at radius 2 is 2.00 bits per heavy atom. The van der Waals surface area contributed by atoms with Crippen LogP contribution >= 0.6 is 0 Å². The molecule has 1 aliphatic rings. The monoisotopic (exact) mass is 262 g/mol. The van der Waals surface area contributed by atoms with Gasteiger partial charge in [0.05, 0.1) is 7.11 Å². The summed E-state index contributed by atoms with van der Waals surface area (Å²) < 4.78 is 11.3. The van der Waals surface area contributed by atoms with E-state index in [1.54, 1.807) is 7.11 Å². The van der Waals surface area contributed by atoms with E-state index in [1.807, 2.05) is 18.2 Å². The SMILES string of the molecule is COc1ccc2c(c1)CC(C=O)=C2O[Si](C)(C)C. The molecule has 0 aliphatic heterocycles. The van der Waals surface area contributed by atoms with Crippen molar-refractivity contribution in [3.8, 4) is 5.75 Å². The van der Waals surface area contributed by atoms with Crippen molar-refractivity contribution in [3.05, 3.63) is 34.9 Å². The van der Waals surface area contributed by atoms with Gasteiger partial charge in [0, 0.05) is 17.6 Å². The summed E-state index contributed by atoms with van der Waals surface area (Å²) in [5.41, 5.74) is 2.87. The highest BCUT2D eigenvalue weighted by Gasteiger charge is 2.27. The zero-order valence-corrected chi connectivity index (χ0v) is 12.2. The molecule has 0 spiro atoms. The van der Waals surface area contributed by atoms with Crippen LogP contribution in [0.2, 0.25) is 19.6 Å². The molecule has 18 heavy (non-hydrogen) atoms. The van der Waals surface area contributed by atoms with Crippen molar-refractivity contribution in [2.45, 2.75) is 26.1 Å². The summed E-state index contributed by atoms with van der Waals surface area (Å²) in [5.74, 6) is 1.58. The van der Waals surface area contributed by atoms with E-state index in [0.717, 1.165) is 34.5 Å². The Hall–Kier alpha value is -1.55. The second kappa shape index (κ2) is 4.61. The molecule has 0 saturated heterocycles. The summed E-state index contributed by atoms with van der Waals surface area (Å²) in [6.45, 7) is 6.35. The maximum Gasteiger partial charge on any atom is 0.242 e. The average molecular weight is 262 g/mol. The summed E-state index contributed by atoms with van der Waals surface area (Å²) in [4.78, 5) is 11.2. The van der Waals surface area contributed by atoms with E-state index in [0.29, 0.717) is 6.42 Å². The Labute approximate surface area is 109 Å². The van der Waals surface area contributed by atoms with E-state index in [1.165, 1.54) is 0 Å². The Morgan fingerprint density at radius 1 is 1.28 bits per heavy atom. The van der Waals surface area contributed by atoms with Crippen LogP contribution in [-0.4, -0.2) is 21.7 Å². The Morgan fingerprint density at radius 3 is 2.56 bits per heavy atom. The lowest BCUT2D eigenvalue weighted by atomic mass is 10.1. The molecule has 1 aromatic rings. The van der Waals surface area contributed by atoms with Crippen molar-refractivity contribution < 1.29 is 14.0 Å². The normalized spacial score (nSPS) is 14.4. The summed E-state index contributed by atoms with van der Waals surface area (Å²) in [5, 5.41) is 0. The molecule has 0 heterocycles. The predicted octanol–water partition coefficient (Wildman–Crippen LogP) is 3.01. The van der Waals surface area contributed by atoms with Crippen molar-refractivity contribution in [1.82, 2.24) is 0 Å². The van der Waals surface area contributed by atoms with Gasteiger partial charge in [-0.1, -0.05) is 0 Å².